The first-order chi connectivity index (χ1) is 8.04. The SMILES string of the molecule is CN(C)c1ccc(N/N=C(\C#N)C(=N)N)cc1. The molecule has 4 N–H and O–H groups in total. The highest BCUT2D eigenvalue weighted by Gasteiger charge is 2.00. The van der Waals surface area contributed by atoms with Crippen LogP contribution in [0.25, 0.3) is 0 Å². The van der Waals surface area contributed by atoms with E-state index >= 15 is 0 Å². The fourth-order valence-electron chi connectivity index (χ4n) is 1.10. The summed E-state index contributed by atoms with van der Waals surface area (Å²) in [6.07, 6.45) is 0. The van der Waals surface area contributed by atoms with Crippen LogP contribution in [-0.2, 0) is 0 Å². The maximum Gasteiger partial charge on any atom is 0.201 e. The summed E-state index contributed by atoms with van der Waals surface area (Å²) in [5.74, 6) is -0.357. The molecule has 0 aliphatic carbocycles. The standard InChI is InChI=1S/C11H14N6/c1-17(2)9-5-3-8(4-6-9)15-16-10(7-12)11(13)14/h3-6,15H,1-2H3,(H3,13,14)/b16-10+. The summed E-state index contributed by atoms with van der Waals surface area (Å²) in [6.45, 7) is 0. The van der Waals surface area contributed by atoms with Crippen LogP contribution in [0.4, 0.5) is 11.4 Å². The lowest BCUT2D eigenvalue weighted by atomic mass is 10.3. The molecule has 0 fully saturated rings. The molecule has 0 saturated heterocycles. The predicted octanol–water partition coefficient (Wildman–Crippen LogP) is 0.980. The number of rotatable bonds is 4. The molecule has 0 heterocycles. The molecule has 1 aromatic rings. The van der Waals surface area contributed by atoms with Crippen molar-refractivity contribution in [3.63, 3.8) is 0 Å². The lowest BCUT2D eigenvalue weighted by molar-refractivity contribution is 1.13. The van der Waals surface area contributed by atoms with E-state index in [1.807, 2.05) is 43.3 Å². The van der Waals surface area contributed by atoms with Crippen molar-refractivity contribution in [2.45, 2.75) is 0 Å². The topological polar surface area (TPSA) is 101 Å². The molecule has 0 aliphatic heterocycles. The Morgan fingerprint density at radius 1 is 1.41 bits per heavy atom. The highest BCUT2D eigenvalue weighted by molar-refractivity contribution is 6.45. The van der Waals surface area contributed by atoms with Crippen molar-refractivity contribution >= 4 is 22.9 Å². The number of nitrogens with one attached hydrogen (secondary N) is 2. The number of benzene rings is 1. The van der Waals surface area contributed by atoms with Gasteiger partial charge in [0.15, 0.2) is 5.84 Å². The second-order valence-electron chi connectivity index (χ2n) is 3.54. The van der Waals surface area contributed by atoms with E-state index in [0.29, 0.717) is 0 Å². The highest BCUT2D eigenvalue weighted by atomic mass is 15.3. The normalized spacial score (nSPS) is 10.5. The number of nitrogens with two attached hydrogens (primary N) is 1. The first-order valence-corrected chi connectivity index (χ1v) is 4.90. The van der Waals surface area contributed by atoms with Crippen molar-refractivity contribution in [3.05, 3.63) is 24.3 Å². The quantitative estimate of drug-likeness (QED) is 0.407. The van der Waals surface area contributed by atoms with Gasteiger partial charge in [-0.2, -0.15) is 10.4 Å². The van der Waals surface area contributed by atoms with E-state index in [2.05, 4.69) is 10.5 Å². The molecule has 1 aromatic carbocycles. The van der Waals surface area contributed by atoms with Crippen molar-refractivity contribution in [2.75, 3.05) is 24.4 Å². The van der Waals surface area contributed by atoms with Crippen molar-refractivity contribution in [3.8, 4) is 6.07 Å². The summed E-state index contributed by atoms with van der Waals surface area (Å²) in [5.41, 5.74) is 9.48. The zero-order valence-corrected chi connectivity index (χ0v) is 9.73. The van der Waals surface area contributed by atoms with Gasteiger partial charge in [0.25, 0.3) is 0 Å². The number of amidine groups is 1. The van der Waals surface area contributed by atoms with E-state index in [0.717, 1.165) is 11.4 Å². The van der Waals surface area contributed by atoms with Gasteiger partial charge in [-0.1, -0.05) is 0 Å². The molecule has 0 aliphatic rings. The van der Waals surface area contributed by atoms with Gasteiger partial charge in [-0.25, -0.2) is 0 Å². The minimum Gasteiger partial charge on any atom is -0.382 e. The number of hydrogen-bond acceptors (Lipinski definition) is 5. The Labute approximate surface area is 99.8 Å². The predicted molar refractivity (Wildman–Crippen MR) is 69.4 cm³/mol. The van der Waals surface area contributed by atoms with E-state index in [4.69, 9.17) is 16.4 Å². The third-order valence-corrected chi connectivity index (χ3v) is 2.04. The number of anilines is 2. The van der Waals surface area contributed by atoms with Crippen molar-refractivity contribution in [2.24, 2.45) is 10.8 Å². The Morgan fingerprint density at radius 2 is 2.00 bits per heavy atom. The molecule has 0 saturated carbocycles. The minimum atomic E-state index is -0.357. The zero-order valence-electron chi connectivity index (χ0n) is 9.73. The van der Waals surface area contributed by atoms with Gasteiger partial charge < -0.3 is 10.6 Å². The number of hydrazone groups is 1. The smallest absolute Gasteiger partial charge is 0.201 e. The third-order valence-electron chi connectivity index (χ3n) is 2.04. The van der Waals surface area contributed by atoms with E-state index in [1.165, 1.54) is 0 Å². The van der Waals surface area contributed by atoms with Crippen LogP contribution in [0.1, 0.15) is 0 Å². The molecule has 0 aromatic heterocycles. The van der Waals surface area contributed by atoms with Gasteiger partial charge in [-0.05, 0) is 24.3 Å². The molecule has 0 unspecified atom stereocenters. The minimum absolute atomic E-state index is 0.137. The van der Waals surface area contributed by atoms with Crippen LogP contribution < -0.4 is 16.1 Å². The molecular formula is C11H14N6. The Balaban J connectivity index is 2.77. The molecule has 0 radical (unpaired) electrons. The second-order valence-corrected chi connectivity index (χ2v) is 3.54. The van der Waals surface area contributed by atoms with Crippen molar-refractivity contribution in [1.29, 1.82) is 10.7 Å². The Kier molecular flexibility index (Phi) is 4.06. The van der Waals surface area contributed by atoms with Gasteiger partial charge in [0, 0.05) is 19.8 Å². The van der Waals surface area contributed by atoms with Crippen LogP contribution in [-0.4, -0.2) is 25.6 Å². The molecule has 0 atom stereocenters. The fourth-order valence-corrected chi connectivity index (χ4v) is 1.10. The van der Waals surface area contributed by atoms with Gasteiger partial charge in [0.1, 0.15) is 6.07 Å². The zero-order chi connectivity index (χ0) is 12.8. The highest BCUT2D eigenvalue weighted by Crippen LogP contribution is 2.15. The van der Waals surface area contributed by atoms with Crippen molar-refractivity contribution in [1.82, 2.24) is 0 Å². The molecule has 0 bridgehead atoms. The average molecular weight is 230 g/mol. The molecule has 6 heteroatoms. The number of hydrogen-bond donors (Lipinski definition) is 3. The van der Waals surface area contributed by atoms with Crippen molar-refractivity contribution < 1.29 is 0 Å². The number of nitriles is 1. The Hall–Kier alpha value is -2.55. The molecule has 1 rings (SSSR count). The van der Waals surface area contributed by atoms with E-state index in [9.17, 15) is 0 Å². The van der Waals surface area contributed by atoms with Gasteiger partial charge >= 0.3 is 0 Å². The van der Waals surface area contributed by atoms with Gasteiger partial charge in [0.05, 0.1) is 5.69 Å². The summed E-state index contributed by atoms with van der Waals surface area (Å²) in [7, 11) is 3.90. The third kappa shape index (κ3) is 3.50. The molecule has 6 nitrogen and oxygen atoms in total. The summed E-state index contributed by atoms with van der Waals surface area (Å²) in [6, 6.07) is 9.21. The maximum atomic E-state index is 8.64. The summed E-state index contributed by atoms with van der Waals surface area (Å²) in [5, 5.41) is 19.5. The van der Waals surface area contributed by atoms with Crippen LogP contribution >= 0.6 is 0 Å². The second kappa shape index (κ2) is 5.51. The van der Waals surface area contributed by atoms with Crippen LogP contribution in [0.2, 0.25) is 0 Å². The first-order valence-electron chi connectivity index (χ1n) is 4.90. The summed E-state index contributed by atoms with van der Waals surface area (Å²) < 4.78 is 0. The van der Waals surface area contributed by atoms with Gasteiger partial charge in [-0.15, -0.1) is 0 Å². The Bertz CT molecular complexity index is 466. The maximum absolute atomic E-state index is 8.64. The van der Waals surface area contributed by atoms with E-state index in [-0.39, 0.29) is 11.5 Å². The van der Waals surface area contributed by atoms with E-state index < -0.39 is 0 Å². The summed E-state index contributed by atoms with van der Waals surface area (Å²) >= 11 is 0. The average Bonchev–Trinajstić information content (AvgIpc) is 2.30. The van der Waals surface area contributed by atoms with Crippen LogP contribution in [0.3, 0.4) is 0 Å². The molecular weight excluding hydrogens is 216 g/mol. The van der Waals surface area contributed by atoms with Gasteiger partial charge in [0.2, 0.25) is 5.71 Å². The molecule has 88 valence electrons. The van der Waals surface area contributed by atoms with Gasteiger partial charge in [-0.3, -0.25) is 10.8 Å². The molecule has 0 amide bonds. The van der Waals surface area contributed by atoms with E-state index in [1.54, 1.807) is 6.07 Å². The molecule has 0 spiro atoms. The largest absolute Gasteiger partial charge is 0.382 e. The summed E-state index contributed by atoms with van der Waals surface area (Å²) in [4.78, 5) is 1.98. The van der Waals surface area contributed by atoms with Crippen LogP contribution in [0.15, 0.2) is 29.4 Å². The first kappa shape index (κ1) is 12.5. The molecule has 17 heavy (non-hydrogen) atoms. The lowest BCUT2D eigenvalue weighted by Crippen LogP contribution is -2.21. The monoisotopic (exact) mass is 230 g/mol. The van der Waals surface area contributed by atoms with Crippen LogP contribution in [0.5, 0.6) is 0 Å². The lowest BCUT2D eigenvalue weighted by Gasteiger charge is -2.12. The Morgan fingerprint density at radius 3 is 2.41 bits per heavy atom. The number of nitrogens with zero attached hydrogens (tertiary/aromatic N) is 3. The van der Waals surface area contributed by atoms with Crippen LogP contribution in [0, 0.1) is 16.7 Å². The fraction of sp³-hybridized carbons (Fsp3) is 0.182.